The van der Waals surface area contributed by atoms with Crippen molar-refractivity contribution in [2.45, 2.75) is 64.4 Å². The highest BCUT2D eigenvalue weighted by Gasteiger charge is 2.26. The minimum atomic E-state index is -0.363. The zero-order chi connectivity index (χ0) is 14.6. The minimum Gasteiger partial charge on any atom is -0.460 e. The van der Waals surface area contributed by atoms with Gasteiger partial charge in [0.1, 0.15) is 5.60 Å². The summed E-state index contributed by atoms with van der Waals surface area (Å²) in [4.78, 5) is 11.9. The van der Waals surface area contributed by atoms with E-state index in [9.17, 15) is 4.79 Å². The van der Waals surface area contributed by atoms with E-state index in [1.54, 1.807) is 0 Å². The van der Waals surface area contributed by atoms with Crippen molar-refractivity contribution in [2.24, 2.45) is 5.92 Å². The first-order chi connectivity index (χ1) is 9.44. The van der Waals surface area contributed by atoms with Crippen LogP contribution >= 0.6 is 0 Å². The summed E-state index contributed by atoms with van der Waals surface area (Å²) in [5.74, 6) is 1.14. The lowest BCUT2D eigenvalue weighted by Crippen LogP contribution is -2.26. The minimum absolute atomic E-state index is 0.0411. The zero-order valence-electron chi connectivity index (χ0n) is 12.9. The summed E-state index contributed by atoms with van der Waals surface area (Å²) in [7, 11) is 0. The predicted molar refractivity (Wildman–Crippen MR) is 81.6 cm³/mol. The van der Waals surface area contributed by atoms with Crippen LogP contribution in [-0.4, -0.2) is 11.6 Å². The fourth-order valence-corrected chi connectivity index (χ4v) is 3.04. The molecule has 0 heterocycles. The summed E-state index contributed by atoms with van der Waals surface area (Å²) in [5.41, 5.74) is 1.08. The smallest absolute Gasteiger partial charge is 0.306 e. The lowest BCUT2D eigenvalue weighted by atomic mass is 9.77. The molecule has 2 nitrogen and oxygen atoms in total. The summed E-state index contributed by atoms with van der Waals surface area (Å²) < 4.78 is 5.41. The highest BCUT2D eigenvalue weighted by Crippen LogP contribution is 2.37. The third-order valence-electron chi connectivity index (χ3n) is 3.99. The van der Waals surface area contributed by atoms with E-state index in [0.717, 1.165) is 12.8 Å². The Morgan fingerprint density at radius 3 is 2.25 bits per heavy atom. The fraction of sp³-hybridized carbons (Fsp3) is 0.611. The quantitative estimate of drug-likeness (QED) is 0.747. The Bertz CT molecular complexity index is 422. The number of hydrogen-bond acceptors (Lipinski definition) is 2. The predicted octanol–water partition coefficient (Wildman–Crippen LogP) is 4.69. The van der Waals surface area contributed by atoms with Crippen LogP contribution in [0.1, 0.15) is 64.4 Å². The molecule has 1 aromatic rings. The number of carbonyl (C=O) groups excluding carboxylic acids is 1. The highest BCUT2D eigenvalue weighted by atomic mass is 16.6. The first-order valence-corrected chi connectivity index (χ1v) is 7.71. The second-order valence-electron chi connectivity index (χ2n) is 6.92. The molecule has 1 fully saturated rings. The standard InChI is InChI=1S/C18H26O2/c1-18(2,3)20-17(19)13-14-9-11-16(12-10-14)15-7-5-4-6-8-15/h4-8,14,16H,9-13H2,1-3H3. The largest absolute Gasteiger partial charge is 0.460 e. The Kier molecular flexibility index (Phi) is 4.85. The maximum absolute atomic E-state index is 11.9. The summed E-state index contributed by atoms with van der Waals surface area (Å²) in [6, 6.07) is 10.7. The topological polar surface area (TPSA) is 26.3 Å². The monoisotopic (exact) mass is 274 g/mol. The van der Waals surface area contributed by atoms with E-state index < -0.39 is 0 Å². The Balaban J connectivity index is 1.79. The van der Waals surface area contributed by atoms with Crippen LogP contribution in [0.2, 0.25) is 0 Å². The van der Waals surface area contributed by atoms with Gasteiger partial charge >= 0.3 is 5.97 Å². The summed E-state index contributed by atoms with van der Waals surface area (Å²) in [6.07, 6.45) is 5.24. The molecule has 0 spiro atoms. The van der Waals surface area contributed by atoms with Gasteiger partial charge in [0, 0.05) is 6.42 Å². The number of hydrogen-bond donors (Lipinski definition) is 0. The van der Waals surface area contributed by atoms with Gasteiger partial charge in [0.25, 0.3) is 0 Å². The molecule has 20 heavy (non-hydrogen) atoms. The van der Waals surface area contributed by atoms with Gasteiger partial charge in [-0.3, -0.25) is 4.79 Å². The van der Waals surface area contributed by atoms with Gasteiger partial charge in [0.2, 0.25) is 0 Å². The van der Waals surface area contributed by atoms with E-state index in [0.29, 0.717) is 18.3 Å². The molecule has 1 aliphatic carbocycles. The molecular formula is C18H26O2. The molecule has 110 valence electrons. The van der Waals surface area contributed by atoms with Crippen LogP contribution in [0, 0.1) is 5.92 Å². The summed E-state index contributed by atoms with van der Waals surface area (Å²) >= 11 is 0. The van der Waals surface area contributed by atoms with Crippen molar-refractivity contribution in [1.82, 2.24) is 0 Å². The van der Waals surface area contributed by atoms with Crippen molar-refractivity contribution < 1.29 is 9.53 Å². The molecular weight excluding hydrogens is 248 g/mol. The molecule has 1 aliphatic rings. The van der Waals surface area contributed by atoms with Gasteiger partial charge in [-0.15, -0.1) is 0 Å². The van der Waals surface area contributed by atoms with Crippen LogP contribution < -0.4 is 0 Å². The van der Waals surface area contributed by atoms with Crippen molar-refractivity contribution in [3.63, 3.8) is 0 Å². The summed E-state index contributed by atoms with van der Waals surface area (Å²) in [5, 5.41) is 0. The van der Waals surface area contributed by atoms with Crippen LogP contribution in [0.15, 0.2) is 30.3 Å². The number of rotatable bonds is 3. The second-order valence-corrected chi connectivity index (χ2v) is 6.92. The molecule has 0 unspecified atom stereocenters. The maximum atomic E-state index is 11.9. The first-order valence-electron chi connectivity index (χ1n) is 7.71. The average molecular weight is 274 g/mol. The molecule has 0 aromatic heterocycles. The second kappa shape index (κ2) is 6.43. The summed E-state index contributed by atoms with van der Waals surface area (Å²) in [6.45, 7) is 5.78. The Labute approximate surface area is 122 Å². The number of ether oxygens (including phenoxy) is 1. The van der Waals surface area contributed by atoms with Crippen LogP contribution in [-0.2, 0) is 9.53 Å². The van der Waals surface area contributed by atoms with E-state index >= 15 is 0 Å². The van der Waals surface area contributed by atoms with Crippen molar-refractivity contribution in [3.8, 4) is 0 Å². The van der Waals surface area contributed by atoms with Gasteiger partial charge in [-0.05, 0) is 63.9 Å². The highest BCUT2D eigenvalue weighted by molar-refractivity contribution is 5.70. The van der Waals surface area contributed by atoms with Gasteiger partial charge in [-0.1, -0.05) is 30.3 Å². The van der Waals surface area contributed by atoms with Crippen LogP contribution in [0.4, 0.5) is 0 Å². The van der Waals surface area contributed by atoms with Crippen molar-refractivity contribution in [1.29, 1.82) is 0 Å². The van der Waals surface area contributed by atoms with Crippen molar-refractivity contribution >= 4 is 5.97 Å². The molecule has 2 rings (SSSR count). The number of esters is 1. The molecule has 0 aliphatic heterocycles. The molecule has 0 atom stereocenters. The SMILES string of the molecule is CC(C)(C)OC(=O)CC1CCC(c2ccccc2)CC1. The van der Waals surface area contributed by atoms with E-state index in [4.69, 9.17) is 4.74 Å². The molecule has 0 bridgehead atoms. The van der Waals surface area contributed by atoms with Gasteiger partial charge in [0.05, 0.1) is 0 Å². The van der Waals surface area contributed by atoms with E-state index in [-0.39, 0.29) is 11.6 Å². The van der Waals surface area contributed by atoms with Gasteiger partial charge in [-0.2, -0.15) is 0 Å². The third-order valence-corrected chi connectivity index (χ3v) is 3.99. The van der Waals surface area contributed by atoms with Gasteiger partial charge in [0.15, 0.2) is 0 Å². The normalized spacial score (nSPS) is 23.4. The van der Waals surface area contributed by atoms with Crippen molar-refractivity contribution in [3.05, 3.63) is 35.9 Å². The van der Waals surface area contributed by atoms with Gasteiger partial charge in [-0.25, -0.2) is 0 Å². The van der Waals surface area contributed by atoms with E-state index in [1.165, 1.54) is 18.4 Å². The Hall–Kier alpha value is -1.31. The van der Waals surface area contributed by atoms with E-state index in [1.807, 2.05) is 20.8 Å². The lowest BCUT2D eigenvalue weighted by Gasteiger charge is -2.29. The van der Waals surface area contributed by atoms with Crippen LogP contribution in [0.5, 0.6) is 0 Å². The lowest BCUT2D eigenvalue weighted by molar-refractivity contribution is -0.156. The molecule has 0 N–H and O–H groups in total. The van der Waals surface area contributed by atoms with Crippen LogP contribution in [0.25, 0.3) is 0 Å². The Morgan fingerprint density at radius 1 is 1.10 bits per heavy atom. The molecule has 1 aromatic carbocycles. The maximum Gasteiger partial charge on any atom is 0.306 e. The number of benzene rings is 1. The third kappa shape index (κ3) is 4.66. The van der Waals surface area contributed by atoms with Crippen molar-refractivity contribution in [2.75, 3.05) is 0 Å². The fourth-order valence-electron chi connectivity index (χ4n) is 3.04. The zero-order valence-corrected chi connectivity index (χ0v) is 12.9. The number of carbonyl (C=O) groups is 1. The Morgan fingerprint density at radius 2 is 1.70 bits per heavy atom. The van der Waals surface area contributed by atoms with Gasteiger partial charge < -0.3 is 4.74 Å². The van der Waals surface area contributed by atoms with E-state index in [2.05, 4.69) is 30.3 Å². The molecule has 0 radical (unpaired) electrons. The first kappa shape index (κ1) is 15.1. The average Bonchev–Trinajstić information content (AvgIpc) is 2.38. The van der Waals surface area contributed by atoms with Crippen LogP contribution in [0.3, 0.4) is 0 Å². The molecule has 0 amide bonds. The molecule has 0 saturated heterocycles. The molecule has 2 heteroatoms. The molecule has 1 saturated carbocycles.